The van der Waals surface area contributed by atoms with Gasteiger partial charge in [0.15, 0.2) is 0 Å². The predicted molar refractivity (Wildman–Crippen MR) is 73.2 cm³/mol. The van der Waals surface area contributed by atoms with Crippen molar-refractivity contribution in [2.45, 2.75) is 57.2 Å². The lowest BCUT2D eigenvalue weighted by atomic mass is 9.59. The molecule has 5 nitrogen and oxygen atoms in total. The molecule has 0 spiro atoms. The summed E-state index contributed by atoms with van der Waals surface area (Å²) in [5.41, 5.74) is -1.66. The van der Waals surface area contributed by atoms with Crippen molar-refractivity contribution in [3.63, 3.8) is 0 Å². The molecule has 2 saturated carbocycles. The third-order valence-electron chi connectivity index (χ3n) is 6.71. The van der Waals surface area contributed by atoms with Crippen LogP contribution in [0.2, 0.25) is 0 Å². The van der Waals surface area contributed by atoms with Crippen LogP contribution >= 0.6 is 0 Å². The molecular weight excluding hydrogens is 272 g/mol. The monoisotopic (exact) mass is 294 g/mol. The lowest BCUT2D eigenvalue weighted by molar-refractivity contribution is -0.180. The second-order valence-electron chi connectivity index (χ2n) is 7.63. The quantitative estimate of drug-likeness (QED) is 0.389. The van der Waals surface area contributed by atoms with E-state index in [1.54, 1.807) is 6.92 Å². The number of aliphatic hydroxyl groups excluding tert-OH is 1. The van der Waals surface area contributed by atoms with Crippen molar-refractivity contribution in [2.24, 2.45) is 23.2 Å². The molecule has 4 rings (SSSR count). The molecule has 0 aromatic carbocycles. The van der Waals surface area contributed by atoms with Crippen molar-refractivity contribution in [2.75, 3.05) is 0 Å². The molecular formula is C16H22O5. The standard InChI is InChI=1S/C16H22O5/c1-6-5-8-10(7(2)14(18)20-8)16(4,19)15(3)9(6)11-12(21-11)13(15)17/h6,8-13,17,19H,2,5H2,1,3-4H3. The minimum absolute atomic E-state index is 0.00858. The molecule has 0 aromatic heterocycles. The molecule has 2 N–H and O–H groups in total. The highest BCUT2D eigenvalue weighted by Gasteiger charge is 2.76. The molecule has 0 amide bonds. The normalized spacial score (nSPS) is 61.7. The van der Waals surface area contributed by atoms with E-state index in [1.807, 2.05) is 6.92 Å². The number of fused-ring (bicyclic) bond motifs is 4. The summed E-state index contributed by atoms with van der Waals surface area (Å²) in [5, 5.41) is 22.1. The molecule has 4 fully saturated rings. The Kier molecular flexibility index (Phi) is 2.42. The first-order valence-corrected chi connectivity index (χ1v) is 7.67. The number of carbonyl (C=O) groups is 1. The number of rotatable bonds is 0. The van der Waals surface area contributed by atoms with Crippen LogP contribution in [0.15, 0.2) is 12.2 Å². The number of carbonyl (C=O) groups excluding carboxylic acids is 1. The van der Waals surface area contributed by atoms with Crippen LogP contribution in [-0.4, -0.2) is 46.2 Å². The Labute approximate surface area is 123 Å². The average Bonchev–Trinajstić information content (AvgIpc) is 3.05. The predicted octanol–water partition coefficient (Wildman–Crippen LogP) is 0.639. The van der Waals surface area contributed by atoms with E-state index in [4.69, 9.17) is 9.47 Å². The van der Waals surface area contributed by atoms with E-state index >= 15 is 0 Å². The van der Waals surface area contributed by atoms with Gasteiger partial charge in [-0.1, -0.05) is 20.4 Å². The Balaban J connectivity index is 1.86. The van der Waals surface area contributed by atoms with Crippen molar-refractivity contribution < 1.29 is 24.5 Å². The van der Waals surface area contributed by atoms with Crippen LogP contribution in [0.5, 0.6) is 0 Å². The van der Waals surface area contributed by atoms with E-state index in [9.17, 15) is 15.0 Å². The summed E-state index contributed by atoms with van der Waals surface area (Å²) in [6.45, 7) is 9.57. The van der Waals surface area contributed by atoms with Crippen LogP contribution < -0.4 is 0 Å². The minimum atomic E-state index is -1.26. The van der Waals surface area contributed by atoms with Gasteiger partial charge in [-0.3, -0.25) is 0 Å². The topological polar surface area (TPSA) is 79.3 Å². The Morgan fingerprint density at radius 2 is 2.00 bits per heavy atom. The molecule has 116 valence electrons. The molecule has 9 unspecified atom stereocenters. The molecule has 2 aliphatic heterocycles. The van der Waals surface area contributed by atoms with Gasteiger partial charge in [-0.15, -0.1) is 0 Å². The first-order valence-electron chi connectivity index (χ1n) is 7.67. The van der Waals surface area contributed by atoms with Gasteiger partial charge in [0.25, 0.3) is 0 Å². The molecule has 0 radical (unpaired) electrons. The van der Waals surface area contributed by atoms with E-state index in [1.165, 1.54) is 0 Å². The summed E-state index contributed by atoms with van der Waals surface area (Å²) < 4.78 is 11.0. The summed E-state index contributed by atoms with van der Waals surface area (Å²) >= 11 is 0. The van der Waals surface area contributed by atoms with Gasteiger partial charge in [0.2, 0.25) is 0 Å². The maximum atomic E-state index is 11.9. The zero-order chi connectivity index (χ0) is 15.3. The summed E-state index contributed by atoms with van der Waals surface area (Å²) in [4.78, 5) is 11.9. The van der Waals surface area contributed by atoms with E-state index in [0.717, 1.165) is 0 Å². The summed E-state index contributed by atoms with van der Waals surface area (Å²) in [5.74, 6) is -0.630. The highest BCUT2D eigenvalue weighted by Crippen LogP contribution is 2.66. The van der Waals surface area contributed by atoms with Crippen LogP contribution in [0.25, 0.3) is 0 Å². The van der Waals surface area contributed by atoms with Crippen molar-refractivity contribution in [3.05, 3.63) is 12.2 Å². The summed E-state index contributed by atoms with van der Waals surface area (Å²) in [6.07, 6.45) is -0.592. The minimum Gasteiger partial charge on any atom is -0.458 e. The molecule has 2 heterocycles. The first kappa shape index (κ1) is 13.7. The second-order valence-corrected chi connectivity index (χ2v) is 7.63. The van der Waals surface area contributed by atoms with Crippen molar-refractivity contribution in [1.82, 2.24) is 0 Å². The number of ether oxygens (including phenoxy) is 2. The molecule has 0 aromatic rings. The average molecular weight is 294 g/mol. The van der Waals surface area contributed by atoms with Crippen LogP contribution in [0.3, 0.4) is 0 Å². The Morgan fingerprint density at radius 3 is 2.67 bits per heavy atom. The van der Waals surface area contributed by atoms with Crippen molar-refractivity contribution in [3.8, 4) is 0 Å². The lowest BCUT2D eigenvalue weighted by Gasteiger charge is -2.49. The Bertz CT molecular complexity index is 541. The third-order valence-corrected chi connectivity index (χ3v) is 6.71. The van der Waals surface area contributed by atoms with E-state index in [-0.39, 0.29) is 30.1 Å². The molecule has 21 heavy (non-hydrogen) atoms. The largest absolute Gasteiger partial charge is 0.458 e. The van der Waals surface area contributed by atoms with Gasteiger partial charge < -0.3 is 19.7 Å². The fraction of sp³-hybridized carbons (Fsp3) is 0.812. The smallest absolute Gasteiger partial charge is 0.334 e. The highest BCUT2D eigenvalue weighted by atomic mass is 16.6. The van der Waals surface area contributed by atoms with Gasteiger partial charge >= 0.3 is 5.97 Å². The van der Waals surface area contributed by atoms with Gasteiger partial charge in [-0.2, -0.15) is 0 Å². The summed E-state index contributed by atoms with van der Waals surface area (Å²) in [7, 11) is 0. The van der Waals surface area contributed by atoms with Crippen molar-refractivity contribution in [1.29, 1.82) is 0 Å². The second kappa shape index (κ2) is 3.70. The van der Waals surface area contributed by atoms with E-state index in [2.05, 4.69) is 13.5 Å². The molecule has 2 aliphatic carbocycles. The maximum absolute atomic E-state index is 11.9. The Morgan fingerprint density at radius 1 is 1.33 bits per heavy atom. The number of hydrogen-bond acceptors (Lipinski definition) is 5. The highest BCUT2D eigenvalue weighted by molar-refractivity contribution is 5.91. The molecule has 5 heteroatoms. The fourth-order valence-corrected chi connectivity index (χ4v) is 5.48. The number of aliphatic hydroxyl groups is 2. The third kappa shape index (κ3) is 1.36. The van der Waals surface area contributed by atoms with Gasteiger partial charge in [0.05, 0.1) is 23.7 Å². The van der Waals surface area contributed by atoms with Gasteiger partial charge in [0, 0.05) is 16.9 Å². The first-order chi connectivity index (χ1) is 9.71. The molecule has 2 saturated heterocycles. The number of esters is 1. The zero-order valence-corrected chi connectivity index (χ0v) is 12.6. The van der Waals surface area contributed by atoms with Gasteiger partial charge in [0.1, 0.15) is 12.2 Å². The fourth-order valence-electron chi connectivity index (χ4n) is 5.48. The van der Waals surface area contributed by atoms with E-state index < -0.39 is 29.0 Å². The SMILES string of the molecule is C=C1C(=O)OC2CC(C)C3C4OC4C(O)C3(C)C(C)(O)C12. The summed E-state index contributed by atoms with van der Waals surface area (Å²) in [6, 6.07) is 0. The van der Waals surface area contributed by atoms with Crippen molar-refractivity contribution >= 4 is 5.97 Å². The zero-order valence-electron chi connectivity index (χ0n) is 12.6. The van der Waals surface area contributed by atoms with Crippen LogP contribution in [-0.2, 0) is 14.3 Å². The van der Waals surface area contributed by atoms with Gasteiger partial charge in [-0.05, 0) is 19.3 Å². The molecule has 0 bridgehead atoms. The maximum Gasteiger partial charge on any atom is 0.334 e. The van der Waals surface area contributed by atoms with Crippen LogP contribution in [0, 0.1) is 23.2 Å². The lowest BCUT2D eigenvalue weighted by Crippen LogP contribution is -2.59. The van der Waals surface area contributed by atoms with Gasteiger partial charge in [-0.25, -0.2) is 4.79 Å². The van der Waals surface area contributed by atoms with Crippen LogP contribution in [0.4, 0.5) is 0 Å². The van der Waals surface area contributed by atoms with Crippen LogP contribution in [0.1, 0.15) is 27.2 Å². The number of hydrogen-bond donors (Lipinski definition) is 2. The molecule has 4 aliphatic rings. The number of epoxide rings is 1. The van der Waals surface area contributed by atoms with E-state index in [0.29, 0.717) is 12.0 Å². The molecule has 9 atom stereocenters. The Hall–Kier alpha value is -0.910.